The molecule has 8 nitrogen and oxygen atoms in total. The summed E-state index contributed by atoms with van der Waals surface area (Å²) in [7, 11) is -3.57. The Morgan fingerprint density at radius 2 is 1.83 bits per heavy atom. The van der Waals surface area contributed by atoms with E-state index in [1.165, 1.54) is 30.0 Å². The summed E-state index contributed by atoms with van der Waals surface area (Å²) in [6, 6.07) is 4.58. The minimum absolute atomic E-state index is 0.0511. The van der Waals surface area contributed by atoms with Gasteiger partial charge < -0.3 is 14.2 Å². The van der Waals surface area contributed by atoms with Crippen molar-refractivity contribution in [2.45, 2.75) is 12.4 Å². The van der Waals surface area contributed by atoms with Crippen LogP contribution in [0.3, 0.4) is 0 Å². The second-order valence-corrected chi connectivity index (χ2v) is 8.96. The number of pyridine rings is 1. The van der Waals surface area contributed by atoms with E-state index in [1.807, 2.05) is 0 Å². The van der Waals surface area contributed by atoms with E-state index < -0.39 is 50.5 Å². The molecule has 0 bridgehead atoms. The van der Waals surface area contributed by atoms with Crippen LogP contribution >= 0.6 is 11.6 Å². The van der Waals surface area contributed by atoms with Gasteiger partial charge in [0.25, 0.3) is 5.91 Å². The van der Waals surface area contributed by atoms with Crippen molar-refractivity contribution in [3.63, 3.8) is 0 Å². The Morgan fingerprint density at radius 3 is 2.42 bits per heavy atom. The van der Waals surface area contributed by atoms with Crippen LogP contribution in [-0.2, 0) is 25.7 Å². The van der Waals surface area contributed by atoms with E-state index in [2.05, 4.69) is 4.98 Å². The first-order chi connectivity index (χ1) is 16.6. The third-order valence-corrected chi connectivity index (χ3v) is 5.40. The molecule has 0 saturated heterocycles. The van der Waals surface area contributed by atoms with E-state index in [9.17, 15) is 39.6 Å². The number of halogens is 7. The third-order valence-electron chi connectivity index (χ3n) is 3.91. The van der Waals surface area contributed by atoms with Crippen molar-refractivity contribution < 1.29 is 53.8 Å². The van der Waals surface area contributed by atoms with Gasteiger partial charge in [0, 0.05) is 31.0 Å². The zero-order valence-electron chi connectivity index (χ0n) is 18.1. The summed E-state index contributed by atoms with van der Waals surface area (Å²) in [5.74, 6) is -4.03. The van der Waals surface area contributed by atoms with Crippen LogP contribution in [0.1, 0.15) is 11.1 Å². The molecular weight excluding hydrogens is 546 g/mol. The predicted molar refractivity (Wildman–Crippen MR) is 115 cm³/mol. The Labute approximate surface area is 205 Å². The third kappa shape index (κ3) is 9.54. The van der Waals surface area contributed by atoms with E-state index >= 15 is 0 Å². The van der Waals surface area contributed by atoms with Gasteiger partial charge >= 0.3 is 12.4 Å². The zero-order valence-corrected chi connectivity index (χ0v) is 19.7. The van der Waals surface area contributed by atoms with Gasteiger partial charge in [0.2, 0.25) is 15.9 Å². The Kier molecular flexibility index (Phi) is 9.57. The number of carbonyl (C=O) groups is 1. The summed E-state index contributed by atoms with van der Waals surface area (Å²) in [5, 5.41) is -0.499. The lowest BCUT2D eigenvalue weighted by molar-refractivity contribution is -0.137. The molecule has 2 rings (SSSR count). The second kappa shape index (κ2) is 11.8. The maximum Gasteiger partial charge on any atom is 0.417 e. The number of nitrogens with one attached hydrogen (secondary N) is 1. The molecule has 16 heteroatoms. The predicted octanol–water partition coefficient (Wildman–Crippen LogP) is 4.59. The van der Waals surface area contributed by atoms with Crippen molar-refractivity contribution in [1.29, 1.82) is 0 Å². The lowest BCUT2D eigenvalue weighted by Crippen LogP contribution is -2.36. The van der Waals surface area contributed by atoms with Crippen molar-refractivity contribution in [2.24, 2.45) is 0 Å². The largest absolute Gasteiger partial charge is 0.491 e. The number of hydrogen-bond donors (Lipinski definition) is 1. The highest BCUT2D eigenvalue weighted by atomic mass is 35.5. The number of rotatable bonds is 10. The van der Waals surface area contributed by atoms with Crippen molar-refractivity contribution in [1.82, 2.24) is 9.71 Å². The summed E-state index contributed by atoms with van der Waals surface area (Å²) in [6.45, 7) is 0.334. The highest BCUT2D eigenvalue weighted by Crippen LogP contribution is 2.36. The summed E-state index contributed by atoms with van der Waals surface area (Å²) in [4.78, 5) is 15.4. The van der Waals surface area contributed by atoms with Gasteiger partial charge in [-0.05, 0) is 24.3 Å². The molecule has 0 atom stereocenters. The Hall–Kier alpha value is -3.04. The summed E-state index contributed by atoms with van der Waals surface area (Å²) in [6.07, 6.45) is -7.69. The molecule has 0 radical (unpaired) electrons. The standard InChI is InChI=1S/C20H17ClF6N2O6S/c1-33-6-7-34-14-4-2-12(3-5-17(30)29-36(31,32)11-19(22,23)24)16(9-14)35-18-15(21)8-13(10-28-18)20(25,26)27/h2-5,8-10H,6-7,11H2,1H3,(H,29,30). The maximum absolute atomic E-state index is 12.9. The number of nitrogens with zero attached hydrogens (tertiary/aromatic N) is 1. The van der Waals surface area contributed by atoms with Gasteiger partial charge in [-0.25, -0.2) is 18.1 Å². The monoisotopic (exact) mass is 562 g/mol. The topological polar surface area (TPSA) is 104 Å². The highest BCUT2D eigenvalue weighted by Gasteiger charge is 2.35. The normalized spacial score (nSPS) is 12.6. The molecule has 0 aliphatic carbocycles. The van der Waals surface area contributed by atoms with Crippen LogP contribution in [0.2, 0.25) is 5.02 Å². The molecular formula is C20H17ClF6N2O6S. The van der Waals surface area contributed by atoms with Gasteiger partial charge in [-0.15, -0.1) is 0 Å². The molecule has 1 aromatic heterocycles. The first-order valence-electron chi connectivity index (χ1n) is 9.55. The van der Waals surface area contributed by atoms with E-state index in [4.69, 9.17) is 25.8 Å². The fourth-order valence-corrected chi connectivity index (χ4v) is 3.52. The quantitative estimate of drug-likeness (QED) is 0.257. The lowest BCUT2D eigenvalue weighted by atomic mass is 10.1. The molecule has 0 fully saturated rings. The van der Waals surface area contributed by atoms with E-state index in [1.54, 1.807) is 0 Å². The molecule has 1 aromatic carbocycles. The maximum atomic E-state index is 12.9. The molecule has 0 saturated carbocycles. The average Bonchev–Trinajstić information content (AvgIpc) is 2.72. The number of amides is 1. The van der Waals surface area contributed by atoms with Crippen LogP contribution in [0.5, 0.6) is 17.4 Å². The number of benzene rings is 1. The van der Waals surface area contributed by atoms with Crippen LogP contribution in [0.25, 0.3) is 6.08 Å². The number of sulfonamides is 1. The van der Waals surface area contributed by atoms with Gasteiger partial charge in [-0.3, -0.25) is 4.79 Å². The number of carbonyl (C=O) groups excluding carboxylic acids is 1. The SMILES string of the molecule is COCCOc1ccc(C=CC(=O)NS(=O)(=O)CC(F)(F)F)c(Oc2ncc(C(F)(F)F)cc2Cl)c1. The van der Waals surface area contributed by atoms with Crippen LogP contribution < -0.4 is 14.2 Å². The molecule has 1 heterocycles. The Bertz CT molecular complexity index is 1220. The van der Waals surface area contributed by atoms with Crippen molar-refractivity contribution in [2.75, 3.05) is 26.1 Å². The molecule has 1 N–H and O–H groups in total. The van der Waals surface area contributed by atoms with Gasteiger partial charge in [0.1, 0.15) is 23.1 Å². The second-order valence-electron chi connectivity index (χ2n) is 6.83. The smallest absolute Gasteiger partial charge is 0.417 e. The van der Waals surface area contributed by atoms with Crippen molar-refractivity contribution >= 4 is 33.6 Å². The number of ether oxygens (including phenoxy) is 3. The summed E-state index contributed by atoms with van der Waals surface area (Å²) < 4.78 is 115. The Balaban J connectivity index is 2.33. The van der Waals surface area contributed by atoms with Gasteiger partial charge in [-0.2, -0.15) is 26.3 Å². The first kappa shape index (κ1) is 29.2. The molecule has 2 aromatic rings. The minimum atomic E-state index is -5.07. The van der Waals surface area contributed by atoms with Crippen LogP contribution in [0.15, 0.2) is 36.5 Å². The number of methoxy groups -OCH3 is 1. The summed E-state index contributed by atoms with van der Waals surface area (Å²) in [5.41, 5.74) is -1.08. The van der Waals surface area contributed by atoms with Crippen molar-refractivity contribution in [3.05, 3.63) is 52.7 Å². The van der Waals surface area contributed by atoms with Crippen molar-refractivity contribution in [3.8, 4) is 17.4 Å². The molecule has 1 amide bonds. The van der Waals surface area contributed by atoms with Crippen LogP contribution in [0.4, 0.5) is 26.3 Å². The summed E-state index contributed by atoms with van der Waals surface area (Å²) >= 11 is 5.86. The van der Waals surface area contributed by atoms with E-state index in [0.717, 1.165) is 6.08 Å². The van der Waals surface area contributed by atoms with E-state index in [-0.39, 0.29) is 30.3 Å². The molecule has 0 unspecified atom stereocenters. The molecule has 0 spiro atoms. The lowest BCUT2D eigenvalue weighted by Gasteiger charge is -2.13. The van der Waals surface area contributed by atoms with Gasteiger partial charge in [-0.1, -0.05) is 11.6 Å². The highest BCUT2D eigenvalue weighted by molar-refractivity contribution is 7.90. The zero-order chi connectivity index (χ0) is 27.1. The molecule has 36 heavy (non-hydrogen) atoms. The fourth-order valence-electron chi connectivity index (χ4n) is 2.44. The number of aromatic nitrogens is 1. The minimum Gasteiger partial charge on any atom is -0.491 e. The van der Waals surface area contributed by atoms with E-state index in [0.29, 0.717) is 18.3 Å². The van der Waals surface area contributed by atoms with Gasteiger partial charge in [0.15, 0.2) is 5.75 Å². The molecule has 0 aliphatic rings. The van der Waals surface area contributed by atoms with Gasteiger partial charge in [0.05, 0.1) is 12.2 Å². The van der Waals surface area contributed by atoms with Crippen LogP contribution in [0, 0.1) is 0 Å². The average molecular weight is 563 g/mol. The molecule has 0 aliphatic heterocycles. The number of alkyl halides is 6. The van der Waals surface area contributed by atoms with Crippen LogP contribution in [-0.4, -0.2) is 51.6 Å². The Morgan fingerprint density at radius 1 is 1.14 bits per heavy atom. The first-order valence-corrected chi connectivity index (χ1v) is 11.6. The fraction of sp³-hybridized carbons (Fsp3) is 0.300. The molecule has 198 valence electrons. The number of hydrogen-bond acceptors (Lipinski definition) is 7.